The van der Waals surface area contributed by atoms with Gasteiger partial charge in [-0.25, -0.2) is 0 Å². The summed E-state index contributed by atoms with van der Waals surface area (Å²) in [6.45, 7) is 6.65. The highest BCUT2D eigenvalue weighted by atomic mass is 127. The predicted octanol–water partition coefficient (Wildman–Crippen LogP) is 3.96. The summed E-state index contributed by atoms with van der Waals surface area (Å²) in [5.74, 6) is 2.43. The number of aliphatic imine (C=N–C) groups is 1. The lowest BCUT2D eigenvalue weighted by Crippen LogP contribution is -2.48. The Morgan fingerprint density at radius 1 is 1.31 bits per heavy atom. The normalized spacial score (nSPS) is 21.5. The van der Waals surface area contributed by atoms with Crippen LogP contribution in [-0.2, 0) is 11.2 Å². The minimum Gasteiger partial charge on any atom is -0.469 e. The SMILES string of the molecule is CCC(C)NC(=NCCc1ccco1)NC1CCN(C(=O)C2CCCCC2)C1.I. The molecule has 1 aromatic heterocycles. The van der Waals surface area contributed by atoms with Gasteiger partial charge in [-0.3, -0.25) is 9.79 Å². The molecule has 6 nitrogen and oxygen atoms in total. The maximum Gasteiger partial charge on any atom is 0.225 e. The van der Waals surface area contributed by atoms with Crippen LogP contribution in [0, 0.1) is 5.92 Å². The molecule has 0 bridgehead atoms. The Bertz CT molecular complexity index is 629. The fourth-order valence-electron chi connectivity index (χ4n) is 4.08. The van der Waals surface area contributed by atoms with Crippen LogP contribution < -0.4 is 10.6 Å². The minimum atomic E-state index is 0. The molecule has 2 heterocycles. The molecule has 0 spiro atoms. The molecule has 29 heavy (non-hydrogen) atoms. The highest BCUT2D eigenvalue weighted by molar-refractivity contribution is 14.0. The molecule has 1 aliphatic carbocycles. The molecule has 7 heteroatoms. The first kappa shape index (κ1) is 24.0. The Hall–Kier alpha value is -1.25. The van der Waals surface area contributed by atoms with Crippen molar-refractivity contribution < 1.29 is 9.21 Å². The van der Waals surface area contributed by atoms with Crippen LogP contribution in [0.1, 0.15) is 64.6 Å². The Kier molecular flexibility index (Phi) is 10.3. The van der Waals surface area contributed by atoms with Gasteiger partial charge in [-0.1, -0.05) is 26.2 Å². The van der Waals surface area contributed by atoms with E-state index in [1.54, 1.807) is 6.26 Å². The second-order valence-electron chi connectivity index (χ2n) is 8.26. The third-order valence-corrected chi connectivity index (χ3v) is 6.00. The smallest absolute Gasteiger partial charge is 0.225 e. The van der Waals surface area contributed by atoms with Crippen molar-refractivity contribution in [3.8, 4) is 0 Å². The van der Waals surface area contributed by atoms with Crippen LogP contribution in [0.25, 0.3) is 0 Å². The first-order valence-electron chi connectivity index (χ1n) is 11.0. The van der Waals surface area contributed by atoms with Gasteiger partial charge in [0.25, 0.3) is 0 Å². The van der Waals surface area contributed by atoms with Crippen molar-refractivity contribution in [3.63, 3.8) is 0 Å². The van der Waals surface area contributed by atoms with E-state index < -0.39 is 0 Å². The molecular weight excluding hydrogens is 479 g/mol. The van der Waals surface area contributed by atoms with E-state index in [1.807, 2.05) is 12.1 Å². The molecule has 2 aliphatic rings. The molecule has 1 saturated carbocycles. The Morgan fingerprint density at radius 2 is 2.10 bits per heavy atom. The zero-order valence-electron chi connectivity index (χ0n) is 17.9. The third-order valence-electron chi connectivity index (χ3n) is 6.00. The van der Waals surface area contributed by atoms with Gasteiger partial charge < -0.3 is 20.0 Å². The molecule has 1 aromatic rings. The fraction of sp³-hybridized carbons (Fsp3) is 0.727. The summed E-state index contributed by atoms with van der Waals surface area (Å²) >= 11 is 0. The number of hydrogen-bond acceptors (Lipinski definition) is 3. The highest BCUT2D eigenvalue weighted by Gasteiger charge is 2.31. The van der Waals surface area contributed by atoms with Crippen molar-refractivity contribution in [2.24, 2.45) is 10.9 Å². The number of amides is 1. The van der Waals surface area contributed by atoms with Crippen molar-refractivity contribution in [1.82, 2.24) is 15.5 Å². The lowest BCUT2D eigenvalue weighted by Gasteiger charge is -2.26. The van der Waals surface area contributed by atoms with Crippen molar-refractivity contribution in [2.45, 2.75) is 77.3 Å². The fourth-order valence-corrected chi connectivity index (χ4v) is 4.08. The number of guanidine groups is 1. The number of carbonyl (C=O) groups excluding carboxylic acids is 1. The van der Waals surface area contributed by atoms with Crippen LogP contribution in [0.3, 0.4) is 0 Å². The first-order chi connectivity index (χ1) is 13.7. The average Bonchev–Trinajstić information content (AvgIpc) is 3.40. The molecule has 2 fully saturated rings. The summed E-state index contributed by atoms with van der Waals surface area (Å²) in [6.07, 6.45) is 10.4. The molecule has 2 unspecified atom stereocenters. The van der Waals surface area contributed by atoms with Gasteiger partial charge in [-0.2, -0.15) is 0 Å². The lowest BCUT2D eigenvalue weighted by molar-refractivity contribution is -0.135. The molecule has 1 amide bonds. The van der Waals surface area contributed by atoms with Crippen LogP contribution in [0.15, 0.2) is 27.8 Å². The number of hydrogen-bond donors (Lipinski definition) is 2. The monoisotopic (exact) mass is 516 g/mol. The number of carbonyl (C=O) groups is 1. The van der Waals surface area contributed by atoms with Gasteiger partial charge in [-0.15, -0.1) is 24.0 Å². The average molecular weight is 516 g/mol. The molecule has 0 aromatic carbocycles. The van der Waals surface area contributed by atoms with Gasteiger partial charge in [0.1, 0.15) is 5.76 Å². The zero-order valence-corrected chi connectivity index (χ0v) is 20.2. The van der Waals surface area contributed by atoms with E-state index in [4.69, 9.17) is 9.41 Å². The number of nitrogens with one attached hydrogen (secondary N) is 2. The van der Waals surface area contributed by atoms with E-state index in [0.29, 0.717) is 18.5 Å². The van der Waals surface area contributed by atoms with Gasteiger partial charge >= 0.3 is 0 Å². The quantitative estimate of drug-likeness (QED) is 0.327. The van der Waals surface area contributed by atoms with Crippen molar-refractivity contribution >= 4 is 35.8 Å². The molecule has 2 N–H and O–H groups in total. The standard InChI is InChI=1S/C22H36N4O2.HI/c1-3-17(2)24-22(23-13-11-20-10-7-15-28-20)25-19-12-14-26(16-19)21(27)18-8-5-4-6-9-18;/h7,10,15,17-19H,3-6,8-9,11-14,16H2,1-2H3,(H2,23,24,25);1H. The number of nitrogens with zero attached hydrogens (tertiary/aromatic N) is 2. The topological polar surface area (TPSA) is 69.9 Å². The van der Waals surface area contributed by atoms with E-state index in [-0.39, 0.29) is 35.9 Å². The van der Waals surface area contributed by atoms with E-state index in [9.17, 15) is 4.79 Å². The van der Waals surface area contributed by atoms with Crippen LogP contribution in [0.4, 0.5) is 0 Å². The van der Waals surface area contributed by atoms with Crippen LogP contribution >= 0.6 is 24.0 Å². The molecule has 0 radical (unpaired) electrons. The molecule has 1 aliphatic heterocycles. The zero-order chi connectivity index (χ0) is 19.8. The van der Waals surface area contributed by atoms with Crippen molar-refractivity contribution in [3.05, 3.63) is 24.2 Å². The summed E-state index contributed by atoms with van der Waals surface area (Å²) in [5, 5.41) is 7.05. The maximum absolute atomic E-state index is 12.8. The van der Waals surface area contributed by atoms with Crippen LogP contribution in [-0.4, -0.2) is 48.5 Å². The molecule has 2 atom stereocenters. The number of furan rings is 1. The van der Waals surface area contributed by atoms with Gasteiger partial charge in [0, 0.05) is 44.1 Å². The van der Waals surface area contributed by atoms with E-state index >= 15 is 0 Å². The molecule has 164 valence electrons. The van der Waals surface area contributed by atoms with E-state index in [1.165, 1.54) is 19.3 Å². The van der Waals surface area contributed by atoms with Crippen LogP contribution in [0.2, 0.25) is 0 Å². The van der Waals surface area contributed by atoms with E-state index in [0.717, 1.165) is 56.9 Å². The minimum absolute atomic E-state index is 0. The van der Waals surface area contributed by atoms with Crippen molar-refractivity contribution in [1.29, 1.82) is 0 Å². The third kappa shape index (κ3) is 7.50. The Balaban J connectivity index is 0.00000300. The summed E-state index contributed by atoms with van der Waals surface area (Å²) in [5.41, 5.74) is 0. The van der Waals surface area contributed by atoms with Gasteiger partial charge in [0.15, 0.2) is 5.96 Å². The molecular formula is C22H37IN4O2. The highest BCUT2D eigenvalue weighted by Crippen LogP contribution is 2.26. The number of rotatable bonds is 7. The van der Waals surface area contributed by atoms with E-state index in [2.05, 4.69) is 29.4 Å². The Labute approximate surface area is 192 Å². The van der Waals surface area contributed by atoms with Crippen LogP contribution in [0.5, 0.6) is 0 Å². The Morgan fingerprint density at radius 3 is 2.79 bits per heavy atom. The lowest BCUT2D eigenvalue weighted by atomic mass is 9.88. The largest absolute Gasteiger partial charge is 0.469 e. The first-order valence-corrected chi connectivity index (χ1v) is 11.0. The maximum atomic E-state index is 12.8. The molecule has 1 saturated heterocycles. The summed E-state index contributed by atoms with van der Waals surface area (Å²) in [6, 6.07) is 4.52. The summed E-state index contributed by atoms with van der Waals surface area (Å²) < 4.78 is 5.39. The predicted molar refractivity (Wildman–Crippen MR) is 128 cm³/mol. The van der Waals surface area contributed by atoms with Gasteiger partial charge in [0.2, 0.25) is 5.91 Å². The summed E-state index contributed by atoms with van der Waals surface area (Å²) in [7, 11) is 0. The summed E-state index contributed by atoms with van der Waals surface area (Å²) in [4.78, 5) is 19.6. The number of halogens is 1. The van der Waals surface area contributed by atoms with Crippen molar-refractivity contribution in [2.75, 3.05) is 19.6 Å². The second-order valence-corrected chi connectivity index (χ2v) is 8.26. The molecule has 3 rings (SSSR count). The van der Waals surface area contributed by atoms with Gasteiger partial charge in [-0.05, 0) is 44.7 Å². The number of likely N-dealkylation sites (tertiary alicyclic amines) is 1. The second kappa shape index (κ2) is 12.4. The van der Waals surface area contributed by atoms with Gasteiger partial charge in [0.05, 0.1) is 6.26 Å².